The minimum atomic E-state index is -5.22. The number of rotatable bonds is 4. The van der Waals surface area contributed by atoms with Gasteiger partial charge in [0.25, 0.3) is 5.91 Å². The molecule has 0 aromatic carbocycles. The van der Waals surface area contributed by atoms with Crippen LogP contribution in [0.25, 0.3) is 0 Å². The molecule has 0 aromatic heterocycles. The van der Waals surface area contributed by atoms with E-state index in [2.05, 4.69) is 4.52 Å². The standard InChI is InChI=1S/C9H14FN2O8P.2Na/c10-4-2-12(9(15)11-8(4)14)7-1-5(13)6(20-7)3-19-21(16,17)18;;/h4-7,13H,1-3H2,(H,11,14,15)(H2,16,17,18);;/p-2/t4?,5-,6+,7+;;/m0../s1. The molecule has 2 radical (unpaired) electrons. The number of nitrogens with zero attached hydrogens (tertiary/aromatic N) is 1. The maximum Gasteiger partial charge on any atom is 0.326 e. The quantitative estimate of drug-likeness (QED) is 0.380. The van der Waals surface area contributed by atoms with E-state index in [0.717, 1.165) is 4.90 Å². The van der Waals surface area contributed by atoms with Gasteiger partial charge < -0.3 is 28.7 Å². The van der Waals surface area contributed by atoms with Crippen LogP contribution in [-0.2, 0) is 18.6 Å². The second-order valence-corrected chi connectivity index (χ2v) is 5.74. The maximum absolute atomic E-state index is 13.3. The summed E-state index contributed by atoms with van der Waals surface area (Å²) in [5.74, 6) is -1.06. The Labute approximate surface area is 174 Å². The summed E-state index contributed by atoms with van der Waals surface area (Å²) < 4.78 is 32.8. The van der Waals surface area contributed by atoms with Crippen molar-refractivity contribution in [2.75, 3.05) is 13.2 Å². The molecule has 4 atom stereocenters. The summed E-state index contributed by atoms with van der Waals surface area (Å²) in [6.07, 6.45) is -5.48. The van der Waals surface area contributed by atoms with E-state index in [1.807, 2.05) is 0 Å². The molecule has 2 heterocycles. The number of carbonyl (C=O) groups excluding carboxylic acids is 2. The van der Waals surface area contributed by atoms with E-state index in [1.54, 1.807) is 5.32 Å². The van der Waals surface area contributed by atoms with Gasteiger partial charge in [0.15, 0.2) is 6.17 Å². The van der Waals surface area contributed by atoms with Crippen LogP contribution in [0.1, 0.15) is 6.42 Å². The van der Waals surface area contributed by atoms with Crippen LogP contribution in [0.2, 0.25) is 0 Å². The smallest absolute Gasteiger partial charge is 0.326 e. The number of aliphatic hydroxyl groups is 1. The molecule has 2 aliphatic rings. The average molecular weight is 372 g/mol. The second-order valence-electron chi connectivity index (χ2n) is 4.59. The third-order valence-electron chi connectivity index (χ3n) is 3.08. The first-order chi connectivity index (χ1) is 9.67. The monoisotopic (exact) mass is 372 g/mol. The molecule has 2 saturated heterocycles. The molecule has 1 unspecified atom stereocenters. The van der Waals surface area contributed by atoms with Crippen LogP contribution in [0.15, 0.2) is 0 Å². The number of urea groups is 1. The van der Waals surface area contributed by atoms with Crippen LogP contribution in [0, 0.1) is 0 Å². The van der Waals surface area contributed by atoms with Crippen LogP contribution in [-0.4, -0.2) is 119 Å². The summed E-state index contributed by atoms with van der Waals surface area (Å²) in [5.41, 5.74) is 0. The van der Waals surface area contributed by atoms with Crippen molar-refractivity contribution < 1.29 is 42.7 Å². The van der Waals surface area contributed by atoms with Crippen LogP contribution in [0.5, 0.6) is 0 Å². The SMILES string of the molecule is O=C1NC(=O)N([C@H]2C[C@H](O)[C@@H](COP(=O)([O-])[O-])O2)CC1F.[Na].[Na]. The molecule has 2 N–H and O–H groups in total. The molecule has 0 aliphatic carbocycles. The van der Waals surface area contributed by atoms with Crippen molar-refractivity contribution in [3.8, 4) is 0 Å². The number of nitrogens with one attached hydrogen (secondary N) is 1. The summed E-state index contributed by atoms with van der Waals surface area (Å²) in [7, 11) is -5.22. The van der Waals surface area contributed by atoms with Gasteiger partial charge in [-0.25, -0.2) is 9.18 Å². The third-order valence-corrected chi connectivity index (χ3v) is 3.55. The fourth-order valence-electron chi connectivity index (χ4n) is 2.06. The molecule has 0 saturated carbocycles. The zero-order valence-electron chi connectivity index (χ0n) is 12.5. The predicted octanol–water partition coefficient (Wildman–Crippen LogP) is -3.56. The first-order valence-corrected chi connectivity index (χ1v) is 7.39. The average Bonchev–Trinajstić information content (AvgIpc) is 2.72. The zero-order valence-corrected chi connectivity index (χ0v) is 17.4. The normalized spacial score (nSPS) is 31.2. The van der Waals surface area contributed by atoms with Crippen molar-refractivity contribution in [3.05, 3.63) is 0 Å². The first kappa shape index (κ1) is 23.9. The number of halogens is 1. The van der Waals surface area contributed by atoms with Gasteiger partial charge in [-0.15, -0.1) is 0 Å². The number of alkyl halides is 1. The molecule has 23 heavy (non-hydrogen) atoms. The van der Waals surface area contributed by atoms with Crippen molar-refractivity contribution >= 4 is 78.9 Å². The first-order valence-electron chi connectivity index (χ1n) is 5.93. The van der Waals surface area contributed by atoms with Gasteiger partial charge in [0, 0.05) is 65.5 Å². The van der Waals surface area contributed by atoms with Gasteiger partial charge in [0.2, 0.25) is 0 Å². The van der Waals surface area contributed by atoms with Crippen molar-refractivity contribution in [2.45, 2.75) is 31.0 Å². The van der Waals surface area contributed by atoms with Crippen LogP contribution >= 0.6 is 7.82 Å². The minimum absolute atomic E-state index is 0. The number of carbonyl (C=O) groups is 2. The number of imide groups is 1. The molecule has 0 bridgehead atoms. The topological polar surface area (TPSA) is 151 Å². The summed E-state index contributed by atoms with van der Waals surface area (Å²) in [5, 5.41) is 11.5. The molecule has 2 rings (SSSR count). The van der Waals surface area contributed by atoms with Crippen LogP contribution in [0.4, 0.5) is 9.18 Å². The van der Waals surface area contributed by atoms with Crippen molar-refractivity contribution in [1.29, 1.82) is 0 Å². The van der Waals surface area contributed by atoms with E-state index in [9.17, 15) is 33.4 Å². The number of amides is 3. The Morgan fingerprint density at radius 2 is 2.04 bits per heavy atom. The Morgan fingerprint density at radius 1 is 1.43 bits per heavy atom. The van der Waals surface area contributed by atoms with E-state index in [0.29, 0.717) is 0 Å². The Morgan fingerprint density at radius 3 is 2.61 bits per heavy atom. The van der Waals surface area contributed by atoms with E-state index in [-0.39, 0.29) is 65.5 Å². The van der Waals surface area contributed by atoms with Gasteiger partial charge in [-0.1, -0.05) is 0 Å². The molecule has 10 nitrogen and oxygen atoms in total. The summed E-state index contributed by atoms with van der Waals surface area (Å²) in [6, 6.07) is -0.883. The number of hydrogen-bond acceptors (Lipinski definition) is 8. The van der Waals surface area contributed by atoms with Crippen LogP contribution < -0.4 is 15.1 Å². The van der Waals surface area contributed by atoms with E-state index in [1.165, 1.54) is 0 Å². The molecule has 122 valence electrons. The molecular formula is C9H12FN2Na2O8P-2. The summed E-state index contributed by atoms with van der Waals surface area (Å²) in [6.45, 7) is -1.26. The number of ether oxygens (including phenoxy) is 1. The van der Waals surface area contributed by atoms with Gasteiger partial charge in [-0.05, 0) is 0 Å². The van der Waals surface area contributed by atoms with Gasteiger partial charge in [-0.3, -0.25) is 15.0 Å². The van der Waals surface area contributed by atoms with E-state index < -0.39 is 57.5 Å². The van der Waals surface area contributed by atoms with Gasteiger partial charge in [0.05, 0.1) is 27.1 Å². The Kier molecular flexibility index (Phi) is 9.93. The van der Waals surface area contributed by atoms with E-state index in [4.69, 9.17) is 4.74 Å². The molecule has 2 aliphatic heterocycles. The molecule has 3 amide bonds. The molecule has 2 fully saturated rings. The molecular weight excluding hydrogens is 360 g/mol. The van der Waals surface area contributed by atoms with Gasteiger partial charge in [-0.2, -0.15) is 0 Å². The van der Waals surface area contributed by atoms with Crippen molar-refractivity contribution in [2.24, 2.45) is 0 Å². The summed E-state index contributed by atoms with van der Waals surface area (Å²) >= 11 is 0. The zero-order chi connectivity index (χ0) is 15.8. The Balaban J connectivity index is 0.00000242. The Bertz CT molecular complexity index is 494. The van der Waals surface area contributed by atoms with Gasteiger partial charge >= 0.3 is 6.03 Å². The van der Waals surface area contributed by atoms with Crippen molar-refractivity contribution in [3.63, 3.8) is 0 Å². The fraction of sp³-hybridized carbons (Fsp3) is 0.778. The molecule has 0 aromatic rings. The number of phosphoric ester groups is 1. The predicted molar refractivity (Wildman–Crippen MR) is 69.5 cm³/mol. The van der Waals surface area contributed by atoms with Crippen LogP contribution in [0.3, 0.4) is 0 Å². The Hall–Kier alpha value is 0.900. The third kappa shape index (κ3) is 6.61. The van der Waals surface area contributed by atoms with Gasteiger partial charge in [0.1, 0.15) is 12.3 Å². The molecule has 0 spiro atoms. The minimum Gasteiger partial charge on any atom is -0.790 e. The number of aliphatic hydroxyl groups excluding tert-OH is 1. The largest absolute Gasteiger partial charge is 0.790 e. The van der Waals surface area contributed by atoms with E-state index >= 15 is 0 Å². The number of hydrogen-bond donors (Lipinski definition) is 2. The summed E-state index contributed by atoms with van der Waals surface area (Å²) in [4.78, 5) is 44.1. The van der Waals surface area contributed by atoms with Crippen molar-refractivity contribution in [1.82, 2.24) is 10.2 Å². The fourth-order valence-corrected chi connectivity index (χ4v) is 2.39. The number of phosphoric acid groups is 1. The maximum atomic E-state index is 13.3. The second kappa shape index (κ2) is 9.56. The molecule has 14 heteroatoms.